The lowest BCUT2D eigenvalue weighted by molar-refractivity contribution is 0.304. The first kappa shape index (κ1) is 14.1. The number of rotatable bonds is 7. The number of ether oxygens (including phenoxy) is 1. The summed E-state index contributed by atoms with van der Waals surface area (Å²) in [4.78, 5) is 0. The molecule has 1 aromatic rings. The van der Waals surface area contributed by atoms with Crippen molar-refractivity contribution in [1.29, 1.82) is 5.26 Å². The summed E-state index contributed by atoms with van der Waals surface area (Å²) >= 11 is 0. The molecular formula is C16H19NO. The molecule has 0 amide bonds. The number of nitriles is 1. The van der Waals surface area contributed by atoms with Crippen LogP contribution >= 0.6 is 0 Å². The average Bonchev–Trinajstić information content (AvgIpc) is 2.42. The van der Waals surface area contributed by atoms with E-state index in [1.54, 1.807) is 6.07 Å². The van der Waals surface area contributed by atoms with Gasteiger partial charge in [0.05, 0.1) is 6.61 Å². The van der Waals surface area contributed by atoms with Gasteiger partial charge in [-0.1, -0.05) is 38.5 Å². The van der Waals surface area contributed by atoms with Gasteiger partial charge in [0, 0.05) is 11.5 Å². The molecule has 0 aliphatic heterocycles. The molecule has 0 unspecified atom stereocenters. The van der Waals surface area contributed by atoms with Crippen LogP contribution in [0.1, 0.15) is 44.6 Å². The molecule has 0 spiro atoms. The minimum Gasteiger partial charge on any atom is -0.494 e. The molecule has 1 rings (SSSR count). The van der Waals surface area contributed by atoms with Gasteiger partial charge in [0.2, 0.25) is 0 Å². The van der Waals surface area contributed by atoms with Crippen molar-refractivity contribution < 1.29 is 4.74 Å². The minimum absolute atomic E-state index is 0.771. The second-order valence-electron chi connectivity index (χ2n) is 4.15. The van der Waals surface area contributed by atoms with Crippen LogP contribution in [-0.4, -0.2) is 6.61 Å². The van der Waals surface area contributed by atoms with Gasteiger partial charge in [-0.2, -0.15) is 5.26 Å². The first-order chi connectivity index (χ1) is 8.86. The van der Waals surface area contributed by atoms with Crippen molar-refractivity contribution in [2.45, 2.75) is 39.0 Å². The Kier molecular flexibility index (Phi) is 7.17. The number of hydrogen-bond acceptors (Lipinski definition) is 2. The minimum atomic E-state index is 0.771. The summed E-state index contributed by atoms with van der Waals surface area (Å²) in [6.07, 6.45) is 6.22. The van der Waals surface area contributed by atoms with E-state index in [0.717, 1.165) is 24.3 Å². The predicted molar refractivity (Wildman–Crippen MR) is 73.2 cm³/mol. The van der Waals surface area contributed by atoms with E-state index in [1.807, 2.05) is 24.3 Å². The second-order valence-corrected chi connectivity index (χ2v) is 4.15. The summed E-state index contributed by atoms with van der Waals surface area (Å²) in [5.74, 6) is 5.98. The van der Waals surface area contributed by atoms with Crippen LogP contribution in [0.3, 0.4) is 0 Å². The summed E-state index contributed by atoms with van der Waals surface area (Å²) in [5.41, 5.74) is 0.840. The maximum atomic E-state index is 8.34. The fourth-order valence-corrected chi connectivity index (χ4v) is 1.63. The Balaban J connectivity index is 2.25. The lowest BCUT2D eigenvalue weighted by Gasteiger charge is -2.05. The van der Waals surface area contributed by atoms with Crippen LogP contribution in [0.5, 0.6) is 5.75 Å². The van der Waals surface area contributed by atoms with Crippen LogP contribution in [-0.2, 0) is 0 Å². The Bertz CT molecular complexity index is 431. The number of benzene rings is 1. The monoisotopic (exact) mass is 241 g/mol. The topological polar surface area (TPSA) is 33.0 Å². The molecule has 2 nitrogen and oxygen atoms in total. The van der Waals surface area contributed by atoms with Crippen molar-refractivity contribution in [3.8, 4) is 23.7 Å². The van der Waals surface area contributed by atoms with Crippen molar-refractivity contribution in [2.24, 2.45) is 0 Å². The Morgan fingerprint density at radius 3 is 2.44 bits per heavy atom. The number of unbranched alkanes of at least 4 members (excludes halogenated alkanes) is 4. The molecule has 0 heterocycles. The molecule has 1 aromatic carbocycles. The summed E-state index contributed by atoms with van der Waals surface area (Å²) in [7, 11) is 0. The van der Waals surface area contributed by atoms with E-state index in [4.69, 9.17) is 10.00 Å². The third-order valence-electron chi connectivity index (χ3n) is 2.63. The maximum Gasteiger partial charge on any atom is 0.152 e. The van der Waals surface area contributed by atoms with E-state index in [9.17, 15) is 0 Å². The Labute approximate surface area is 110 Å². The fraction of sp³-hybridized carbons (Fsp3) is 0.438. The van der Waals surface area contributed by atoms with Crippen LogP contribution in [0, 0.1) is 23.2 Å². The van der Waals surface area contributed by atoms with Gasteiger partial charge in [0.15, 0.2) is 6.07 Å². The summed E-state index contributed by atoms with van der Waals surface area (Å²) in [5, 5.41) is 8.34. The molecule has 0 saturated carbocycles. The van der Waals surface area contributed by atoms with Crippen molar-refractivity contribution in [2.75, 3.05) is 6.61 Å². The first-order valence-corrected chi connectivity index (χ1v) is 6.49. The molecule has 0 atom stereocenters. The third-order valence-corrected chi connectivity index (χ3v) is 2.63. The van der Waals surface area contributed by atoms with Gasteiger partial charge in [0.25, 0.3) is 0 Å². The van der Waals surface area contributed by atoms with Crippen LogP contribution in [0.25, 0.3) is 0 Å². The smallest absolute Gasteiger partial charge is 0.152 e. The zero-order valence-corrected chi connectivity index (χ0v) is 10.9. The highest BCUT2D eigenvalue weighted by Crippen LogP contribution is 2.12. The Morgan fingerprint density at radius 1 is 1.06 bits per heavy atom. The van der Waals surface area contributed by atoms with Crippen LogP contribution in [0.15, 0.2) is 24.3 Å². The maximum absolute atomic E-state index is 8.34. The molecule has 18 heavy (non-hydrogen) atoms. The molecule has 0 saturated heterocycles. The molecule has 0 aromatic heterocycles. The van der Waals surface area contributed by atoms with Crippen molar-refractivity contribution >= 4 is 0 Å². The molecule has 0 bridgehead atoms. The highest BCUT2D eigenvalue weighted by Gasteiger charge is 1.94. The van der Waals surface area contributed by atoms with Crippen molar-refractivity contribution in [3.05, 3.63) is 29.8 Å². The van der Waals surface area contributed by atoms with Gasteiger partial charge in [-0.3, -0.25) is 0 Å². The van der Waals surface area contributed by atoms with Gasteiger partial charge in [-0.15, -0.1) is 0 Å². The van der Waals surface area contributed by atoms with E-state index in [-0.39, 0.29) is 0 Å². The fourth-order valence-electron chi connectivity index (χ4n) is 1.63. The van der Waals surface area contributed by atoms with Crippen LogP contribution in [0.2, 0.25) is 0 Å². The van der Waals surface area contributed by atoms with Crippen LogP contribution < -0.4 is 4.74 Å². The molecule has 0 fully saturated rings. The molecule has 0 N–H and O–H groups in total. The van der Waals surface area contributed by atoms with E-state index in [2.05, 4.69) is 18.8 Å². The van der Waals surface area contributed by atoms with Gasteiger partial charge < -0.3 is 4.74 Å². The Morgan fingerprint density at radius 2 is 1.78 bits per heavy atom. The molecule has 0 aliphatic rings. The average molecular weight is 241 g/mol. The molecule has 94 valence electrons. The van der Waals surface area contributed by atoms with E-state index < -0.39 is 0 Å². The number of nitrogens with zero attached hydrogens (tertiary/aromatic N) is 1. The van der Waals surface area contributed by atoms with Gasteiger partial charge in [0.1, 0.15) is 5.75 Å². The molecule has 0 radical (unpaired) electrons. The largest absolute Gasteiger partial charge is 0.494 e. The first-order valence-electron chi connectivity index (χ1n) is 6.49. The van der Waals surface area contributed by atoms with Crippen molar-refractivity contribution in [1.82, 2.24) is 0 Å². The predicted octanol–water partition coefficient (Wildman–Crippen LogP) is 3.91. The van der Waals surface area contributed by atoms with E-state index in [0.29, 0.717) is 0 Å². The summed E-state index contributed by atoms with van der Waals surface area (Å²) in [6, 6.07) is 9.33. The Hall–Kier alpha value is -1.93. The van der Waals surface area contributed by atoms with Crippen molar-refractivity contribution in [3.63, 3.8) is 0 Å². The second kappa shape index (κ2) is 9.14. The van der Waals surface area contributed by atoms with Gasteiger partial charge in [-0.25, -0.2) is 0 Å². The van der Waals surface area contributed by atoms with Crippen LogP contribution in [0.4, 0.5) is 0 Å². The SMILES string of the molecule is CCCCCCCOc1ccc(C#CC#N)cc1. The van der Waals surface area contributed by atoms with E-state index in [1.165, 1.54) is 25.7 Å². The van der Waals surface area contributed by atoms with E-state index >= 15 is 0 Å². The quantitative estimate of drug-likeness (QED) is 0.535. The molecular weight excluding hydrogens is 222 g/mol. The lowest BCUT2D eigenvalue weighted by Crippen LogP contribution is -1.97. The van der Waals surface area contributed by atoms with Gasteiger partial charge in [-0.05, 0) is 30.7 Å². The third kappa shape index (κ3) is 5.97. The normalized spacial score (nSPS) is 9.11. The summed E-state index contributed by atoms with van der Waals surface area (Å²) < 4.78 is 5.63. The highest BCUT2D eigenvalue weighted by molar-refractivity contribution is 5.40. The lowest BCUT2D eigenvalue weighted by atomic mass is 10.2. The standard InChI is InChI=1S/C16H19NO/c1-2-3-4-5-6-14-18-16-11-9-15(10-12-16)8-7-13-17/h9-12H,2-6,14H2,1H3. The molecule has 2 heteroatoms. The highest BCUT2D eigenvalue weighted by atomic mass is 16.5. The zero-order valence-electron chi connectivity index (χ0n) is 10.9. The zero-order chi connectivity index (χ0) is 13.1. The summed E-state index contributed by atoms with van der Waals surface area (Å²) in [6.45, 7) is 2.99. The van der Waals surface area contributed by atoms with Gasteiger partial charge >= 0.3 is 0 Å². The molecule has 0 aliphatic carbocycles. The number of hydrogen-bond donors (Lipinski definition) is 0.